The van der Waals surface area contributed by atoms with Gasteiger partial charge in [0.1, 0.15) is 17.3 Å². The minimum absolute atomic E-state index is 0.0422. The Bertz CT molecular complexity index is 1250. The van der Waals surface area contributed by atoms with Crippen LogP contribution >= 0.6 is 0 Å². The highest BCUT2D eigenvalue weighted by Gasteiger charge is 2.47. The van der Waals surface area contributed by atoms with Crippen LogP contribution in [0, 0.1) is 12.7 Å². The fraction of sp³-hybridized carbons (Fsp3) is 0.185. The Morgan fingerprint density at radius 3 is 2.27 bits per heavy atom. The summed E-state index contributed by atoms with van der Waals surface area (Å²) in [4.78, 5) is 27.7. The van der Waals surface area contributed by atoms with Gasteiger partial charge in [0, 0.05) is 11.3 Å². The monoisotopic (exact) mass is 445 g/mol. The molecule has 3 aromatic carbocycles. The molecule has 4 rings (SSSR count). The van der Waals surface area contributed by atoms with E-state index in [4.69, 9.17) is 4.74 Å². The van der Waals surface area contributed by atoms with Gasteiger partial charge < -0.3 is 9.84 Å². The van der Waals surface area contributed by atoms with Crippen molar-refractivity contribution in [3.05, 3.63) is 100 Å². The zero-order chi connectivity index (χ0) is 23.7. The van der Waals surface area contributed by atoms with Gasteiger partial charge in [-0.05, 0) is 72.5 Å². The predicted molar refractivity (Wildman–Crippen MR) is 125 cm³/mol. The van der Waals surface area contributed by atoms with Crippen LogP contribution in [0.1, 0.15) is 35.2 Å². The lowest BCUT2D eigenvalue weighted by molar-refractivity contribution is -0.132. The Balaban J connectivity index is 1.92. The van der Waals surface area contributed by atoms with Gasteiger partial charge in [0.15, 0.2) is 0 Å². The Labute approximate surface area is 191 Å². The third kappa shape index (κ3) is 4.00. The Kier molecular flexibility index (Phi) is 6.01. The van der Waals surface area contributed by atoms with Crippen LogP contribution in [0.5, 0.6) is 5.75 Å². The largest absolute Gasteiger partial charge is 0.507 e. The lowest BCUT2D eigenvalue weighted by Gasteiger charge is -2.25. The summed E-state index contributed by atoms with van der Waals surface area (Å²) in [5.74, 6) is -1.65. The number of ether oxygens (including phenoxy) is 1. The van der Waals surface area contributed by atoms with Crippen molar-refractivity contribution in [3.8, 4) is 5.75 Å². The topological polar surface area (TPSA) is 66.8 Å². The molecule has 0 aliphatic carbocycles. The maximum atomic E-state index is 13.7. The van der Waals surface area contributed by atoms with E-state index in [2.05, 4.69) is 0 Å². The third-order valence-corrected chi connectivity index (χ3v) is 5.94. The molecule has 1 aliphatic rings. The zero-order valence-electron chi connectivity index (χ0n) is 18.6. The van der Waals surface area contributed by atoms with Crippen LogP contribution < -0.4 is 9.64 Å². The number of amides is 1. The Hall–Kier alpha value is -3.93. The van der Waals surface area contributed by atoms with Crippen molar-refractivity contribution in [2.24, 2.45) is 0 Å². The third-order valence-electron chi connectivity index (χ3n) is 5.94. The first kappa shape index (κ1) is 22.3. The first-order valence-corrected chi connectivity index (χ1v) is 10.7. The molecule has 0 bridgehead atoms. The first-order chi connectivity index (χ1) is 15.8. The second-order valence-electron chi connectivity index (χ2n) is 7.92. The number of carbonyl (C=O) groups is 2. The molecule has 0 aromatic heterocycles. The molecule has 1 atom stereocenters. The van der Waals surface area contributed by atoms with Crippen LogP contribution in [0.25, 0.3) is 5.76 Å². The molecular weight excluding hydrogens is 421 g/mol. The molecule has 1 amide bonds. The van der Waals surface area contributed by atoms with Crippen molar-refractivity contribution in [1.29, 1.82) is 0 Å². The van der Waals surface area contributed by atoms with E-state index < -0.39 is 23.5 Å². The predicted octanol–water partition coefficient (Wildman–Crippen LogP) is 5.33. The number of Topliss-reactive ketones (excluding diaryl/α,β-unsaturated/α-hetero) is 1. The maximum absolute atomic E-state index is 13.7. The molecule has 33 heavy (non-hydrogen) atoms. The number of hydrogen-bond acceptors (Lipinski definition) is 4. The number of benzene rings is 3. The summed E-state index contributed by atoms with van der Waals surface area (Å²) in [5, 5.41) is 11.3. The van der Waals surface area contributed by atoms with Gasteiger partial charge in [-0.25, -0.2) is 4.39 Å². The van der Waals surface area contributed by atoms with Crippen LogP contribution in [0.2, 0.25) is 0 Å². The molecule has 1 heterocycles. The number of aliphatic hydroxyl groups excluding tert-OH is 1. The minimum Gasteiger partial charge on any atom is -0.507 e. The first-order valence-electron chi connectivity index (χ1n) is 10.7. The summed E-state index contributed by atoms with van der Waals surface area (Å²) in [7, 11) is 1.54. The average Bonchev–Trinajstić information content (AvgIpc) is 3.09. The molecule has 1 N–H and O–H groups in total. The molecule has 3 aromatic rings. The van der Waals surface area contributed by atoms with E-state index in [1.165, 1.54) is 36.3 Å². The molecule has 0 radical (unpaired) electrons. The molecule has 6 heteroatoms. The number of hydrogen-bond donors (Lipinski definition) is 1. The van der Waals surface area contributed by atoms with Crippen LogP contribution in [0.15, 0.2) is 72.3 Å². The van der Waals surface area contributed by atoms with E-state index in [1.807, 2.05) is 19.1 Å². The molecule has 1 fully saturated rings. The van der Waals surface area contributed by atoms with E-state index in [9.17, 15) is 19.1 Å². The van der Waals surface area contributed by atoms with E-state index in [1.54, 1.807) is 37.3 Å². The summed E-state index contributed by atoms with van der Waals surface area (Å²) >= 11 is 0. The van der Waals surface area contributed by atoms with Crippen LogP contribution in [-0.4, -0.2) is 23.9 Å². The van der Waals surface area contributed by atoms with E-state index in [0.29, 0.717) is 28.1 Å². The van der Waals surface area contributed by atoms with Crippen molar-refractivity contribution in [3.63, 3.8) is 0 Å². The molecule has 5 nitrogen and oxygen atoms in total. The number of anilines is 1. The van der Waals surface area contributed by atoms with E-state index in [0.717, 1.165) is 12.0 Å². The van der Waals surface area contributed by atoms with Gasteiger partial charge in [-0.2, -0.15) is 0 Å². The SMILES string of the molecule is CCc1ccc(N2C(=O)C(=O)/C(=C(\O)c3ccc(OC)cc3C)C2c2ccc(F)cc2)cc1. The summed E-state index contributed by atoms with van der Waals surface area (Å²) in [6.07, 6.45) is 0.831. The fourth-order valence-electron chi connectivity index (χ4n) is 4.13. The lowest BCUT2D eigenvalue weighted by Crippen LogP contribution is -2.29. The number of aliphatic hydroxyl groups is 1. The molecular formula is C27H24FNO4. The van der Waals surface area contributed by atoms with Gasteiger partial charge in [-0.1, -0.05) is 31.2 Å². The van der Waals surface area contributed by atoms with Crippen LogP contribution in [-0.2, 0) is 16.0 Å². The summed E-state index contributed by atoms with van der Waals surface area (Å²) in [6.45, 7) is 3.81. The normalized spacial score (nSPS) is 17.5. The van der Waals surface area contributed by atoms with Crippen molar-refractivity contribution < 1.29 is 23.8 Å². The highest BCUT2D eigenvalue weighted by atomic mass is 19.1. The van der Waals surface area contributed by atoms with E-state index >= 15 is 0 Å². The number of nitrogens with zero attached hydrogens (tertiary/aromatic N) is 1. The smallest absolute Gasteiger partial charge is 0.300 e. The molecule has 0 spiro atoms. The van der Waals surface area contributed by atoms with Gasteiger partial charge in [-0.3, -0.25) is 14.5 Å². The maximum Gasteiger partial charge on any atom is 0.300 e. The summed E-state index contributed by atoms with van der Waals surface area (Å²) in [6, 6.07) is 17.1. The molecule has 1 saturated heterocycles. The van der Waals surface area contributed by atoms with Gasteiger partial charge in [0.2, 0.25) is 0 Å². The second-order valence-corrected chi connectivity index (χ2v) is 7.92. The molecule has 168 valence electrons. The highest BCUT2D eigenvalue weighted by Crippen LogP contribution is 2.42. The van der Waals surface area contributed by atoms with Crippen LogP contribution in [0.4, 0.5) is 10.1 Å². The van der Waals surface area contributed by atoms with Gasteiger partial charge in [-0.15, -0.1) is 0 Å². The Morgan fingerprint density at radius 2 is 1.70 bits per heavy atom. The number of carbonyl (C=O) groups excluding carboxylic acids is 2. The van der Waals surface area contributed by atoms with Gasteiger partial charge in [0.25, 0.3) is 11.7 Å². The lowest BCUT2D eigenvalue weighted by atomic mass is 9.93. The number of halogens is 1. The van der Waals surface area contributed by atoms with Crippen molar-refractivity contribution >= 4 is 23.1 Å². The van der Waals surface area contributed by atoms with Gasteiger partial charge >= 0.3 is 0 Å². The molecule has 0 saturated carbocycles. The van der Waals surface area contributed by atoms with Crippen molar-refractivity contribution in [1.82, 2.24) is 0 Å². The summed E-state index contributed by atoms with van der Waals surface area (Å²) in [5.41, 5.74) is 3.18. The summed E-state index contributed by atoms with van der Waals surface area (Å²) < 4.78 is 18.9. The molecule has 1 aliphatic heterocycles. The molecule has 1 unspecified atom stereocenters. The van der Waals surface area contributed by atoms with Crippen LogP contribution in [0.3, 0.4) is 0 Å². The highest BCUT2D eigenvalue weighted by molar-refractivity contribution is 6.51. The number of aryl methyl sites for hydroxylation is 2. The Morgan fingerprint density at radius 1 is 1.03 bits per heavy atom. The van der Waals surface area contributed by atoms with E-state index in [-0.39, 0.29) is 11.3 Å². The zero-order valence-corrected chi connectivity index (χ0v) is 18.6. The number of methoxy groups -OCH3 is 1. The number of ketones is 1. The van der Waals surface area contributed by atoms with Crippen molar-refractivity contribution in [2.75, 3.05) is 12.0 Å². The van der Waals surface area contributed by atoms with Crippen molar-refractivity contribution in [2.45, 2.75) is 26.3 Å². The number of rotatable bonds is 5. The minimum atomic E-state index is -0.903. The quantitative estimate of drug-likeness (QED) is 0.327. The second kappa shape index (κ2) is 8.90. The van der Waals surface area contributed by atoms with Gasteiger partial charge in [0.05, 0.1) is 18.7 Å². The standard InChI is InChI=1S/C27H24FNO4/c1-4-17-5-11-20(12-6-17)29-24(18-7-9-19(28)10-8-18)23(26(31)27(29)32)25(30)22-14-13-21(33-3)15-16(22)2/h5-15,24,30H,4H2,1-3H3/b25-23-. The fourth-order valence-corrected chi connectivity index (χ4v) is 4.13. The average molecular weight is 445 g/mol.